The van der Waals surface area contributed by atoms with E-state index in [1.165, 1.54) is 4.68 Å². The van der Waals surface area contributed by atoms with E-state index in [1.54, 1.807) is 0 Å². The van der Waals surface area contributed by atoms with Crippen LogP contribution in [-0.4, -0.2) is 34.8 Å². The van der Waals surface area contributed by atoms with E-state index in [4.69, 9.17) is 16.2 Å². The number of carbonyl (C=O) groups is 2. The molecule has 1 saturated heterocycles. The first kappa shape index (κ1) is 22.5. The first-order chi connectivity index (χ1) is 15.8. The molecule has 8 nitrogen and oxygen atoms in total. The van der Waals surface area contributed by atoms with Crippen molar-refractivity contribution in [3.05, 3.63) is 76.1 Å². The van der Waals surface area contributed by atoms with Gasteiger partial charge in [-0.2, -0.15) is 5.10 Å². The second kappa shape index (κ2) is 9.46. The van der Waals surface area contributed by atoms with Gasteiger partial charge in [0.25, 0.3) is 11.8 Å². The monoisotopic (exact) mass is 447 g/mol. The minimum absolute atomic E-state index is 0.114. The third-order valence-electron chi connectivity index (χ3n) is 6.06. The number of aromatic nitrogens is 2. The highest BCUT2D eigenvalue weighted by molar-refractivity contribution is 5.97. The molecule has 1 aliphatic rings. The van der Waals surface area contributed by atoms with E-state index >= 15 is 0 Å². The van der Waals surface area contributed by atoms with Crippen LogP contribution < -0.4 is 16.8 Å². The van der Waals surface area contributed by atoms with Gasteiger partial charge in [0.2, 0.25) is 0 Å². The minimum atomic E-state index is -0.622. The Morgan fingerprint density at radius 1 is 1.12 bits per heavy atom. The number of anilines is 1. The van der Waals surface area contributed by atoms with Crippen LogP contribution in [0, 0.1) is 13.8 Å². The zero-order chi connectivity index (χ0) is 23.5. The summed E-state index contributed by atoms with van der Waals surface area (Å²) in [6.07, 6.45) is 1.61. The van der Waals surface area contributed by atoms with Gasteiger partial charge in [-0.05, 0) is 56.0 Å². The molecular formula is C25H29N5O3. The van der Waals surface area contributed by atoms with Crippen LogP contribution in [0.4, 0.5) is 5.69 Å². The fourth-order valence-electron chi connectivity index (χ4n) is 4.16. The number of benzene rings is 2. The van der Waals surface area contributed by atoms with Crippen LogP contribution in [-0.2, 0) is 11.3 Å². The van der Waals surface area contributed by atoms with Crippen LogP contribution in [0.25, 0.3) is 5.69 Å². The van der Waals surface area contributed by atoms with E-state index in [2.05, 4.69) is 10.4 Å². The average Bonchev–Trinajstić information content (AvgIpc) is 3.17. The van der Waals surface area contributed by atoms with Crippen molar-refractivity contribution in [3.8, 4) is 5.69 Å². The Morgan fingerprint density at radius 2 is 1.82 bits per heavy atom. The van der Waals surface area contributed by atoms with Gasteiger partial charge >= 0.3 is 0 Å². The molecule has 1 fully saturated rings. The Balaban J connectivity index is 1.52. The number of nitrogens with zero attached hydrogens (tertiary/aromatic N) is 2. The molecule has 8 heteroatoms. The lowest BCUT2D eigenvalue weighted by molar-refractivity contribution is 0.0845. The smallest absolute Gasteiger partial charge is 0.269 e. The predicted molar refractivity (Wildman–Crippen MR) is 126 cm³/mol. The molecular weight excluding hydrogens is 418 g/mol. The van der Waals surface area contributed by atoms with Gasteiger partial charge in [0.05, 0.1) is 17.1 Å². The number of nitrogen functional groups attached to an aromatic ring is 1. The summed E-state index contributed by atoms with van der Waals surface area (Å²) in [6.45, 7) is 5.55. The molecule has 2 heterocycles. The third-order valence-corrected chi connectivity index (χ3v) is 6.06. The van der Waals surface area contributed by atoms with Crippen LogP contribution in [0.3, 0.4) is 0 Å². The zero-order valence-electron chi connectivity index (χ0n) is 18.9. The van der Waals surface area contributed by atoms with Crippen molar-refractivity contribution < 1.29 is 14.3 Å². The molecule has 0 aliphatic carbocycles. The number of rotatable bonds is 6. The standard InChI is InChI=1S/C25H29N5O3/c1-15-3-4-16(2)20(13-15)25(32)28-14-17-5-7-19(8-6-17)30-23(24(27)31)21(26)22(29-30)18-9-11-33-12-10-18/h3-8,13,18H,9-12,14,26H2,1-2H3,(H2,27,31)(H,28,32). The van der Waals surface area contributed by atoms with Crippen LogP contribution in [0.5, 0.6) is 0 Å². The molecule has 0 atom stereocenters. The molecule has 1 aliphatic heterocycles. The van der Waals surface area contributed by atoms with Crippen LogP contribution in [0.1, 0.15) is 62.0 Å². The maximum absolute atomic E-state index is 12.6. The summed E-state index contributed by atoms with van der Waals surface area (Å²) in [6, 6.07) is 13.3. The molecule has 2 aromatic carbocycles. The van der Waals surface area contributed by atoms with Gasteiger partial charge in [0.15, 0.2) is 5.69 Å². The predicted octanol–water partition coefficient (Wildman–Crippen LogP) is 2.99. The number of aryl methyl sites for hydroxylation is 2. The van der Waals surface area contributed by atoms with Gasteiger partial charge in [-0.25, -0.2) is 4.68 Å². The Bertz CT molecular complexity index is 1180. The SMILES string of the molecule is Cc1ccc(C)c(C(=O)NCc2ccc(-n3nc(C4CCOCC4)c(N)c3C(N)=O)cc2)c1. The first-order valence-electron chi connectivity index (χ1n) is 11.1. The number of carbonyl (C=O) groups excluding carboxylic acids is 2. The summed E-state index contributed by atoms with van der Waals surface area (Å²) in [5.74, 6) is -0.599. The minimum Gasteiger partial charge on any atom is -0.395 e. The van der Waals surface area contributed by atoms with E-state index in [0.29, 0.717) is 42.4 Å². The highest BCUT2D eigenvalue weighted by Gasteiger charge is 2.27. The molecule has 3 aromatic rings. The highest BCUT2D eigenvalue weighted by atomic mass is 16.5. The summed E-state index contributed by atoms with van der Waals surface area (Å²) < 4.78 is 6.94. The maximum Gasteiger partial charge on any atom is 0.269 e. The van der Waals surface area contributed by atoms with Crippen LogP contribution in [0.15, 0.2) is 42.5 Å². The Labute approximate surface area is 192 Å². The van der Waals surface area contributed by atoms with E-state index in [0.717, 1.165) is 29.5 Å². The number of hydrogen-bond acceptors (Lipinski definition) is 5. The lowest BCUT2D eigenvalue weighted by Crippen LogP contribution is -2.23. The number of ether oxygens (including phenoxy) is 1. The largest absolute Gasteiger partial charge is 0.395 e. The van der Waals surface area contributed by atoms with Crippen molar-refractivity contribution in [2.75, 3.05) is 18.9 Å². The molecule has 0 saturated carbocycles. The number of hydrogen-bond donors (Lipinski definition) is 3. The maximum atomic E-state index is 12.6. The number of nitrogens with one attached hydrogen (secondary N) is 1. The molecule has 0 radical (unpaired) electrons. The quantitative estimate of drug-likeness (QED) is 0.536. The fraction of sp³-hybridized carbons (Fsp3) is 0.320. The number of primary amides is 1. The second-order valence-corrected chi connectivity index (χ2v) is 8.48. The average molecular weight is 448 g/mol. The first-order valence-corrected chi connectivity index (χ1v) is 11.1. The van der Waals surface area contributed by atoms with E-state index in [9.17, 15) is 9.59 Å². The lowest BCUT2D eigenvalue weighted by Gasteiger charge is -2.20. The van der Waals surface area contributed by atoms with Gasteiger partial charge in [0.1, 0.15) is 0 Å². The normalized spacial score (nSPS) is 14.2. The number of nitrogens with two attached hydrogens (primary N) is 2. The van der Waals surface area contributed by atoms with Crippen molar-refractivity contribution in [2.45, 2.75) is 39.2 Å². The summed E-state index contributed by atoms with van der Waals surface area (Å²) in [5, 5.41) is 7.61. The molecule has 5 N–H and O–H groups in total. The molecule has 4 rings (SSSR count). The Morgan fingerprint density at radius 3 is 2.48 bits per heavy atom. The second-order valence-electron chi connectivity index (χ2n) is 8.48. The molecule has 172 valence electrons. The molecule has 33 heavy (non-hydrogen) atoms. The van der Waals surface area contributed by atoms with Crippen LogP contribution in [0.2, 0.25) is 0 Å². The summed E-state index contributed by atoms with van der Waals surface area (Å²) in [5.41, 5.74) is 17.4. The summed E-state index contributed by atoms with van der Waals surface area (Å²) in [4.78, 5) is 24.7. The van der Waals surface area contributed by atoms with Crippen LogP contribution >= 0.6 is 0 Å². The third kappa shape index (κ3) is 4.75. The molecule has 0 spiro atoms. The Kier molecular flexibility index (Phi) is 6.46. The lowest BCUT2D eigenvalue weighted by atomic mass is 9.95. The highest BCUT2D eigenvalue weighted by Crippen LogP contribution is 2.33. The molecule has 0 unspecified atom stereocenters. The van der Waals surface area contributed by atoms with Gasteiger partial charge in [-0.15, -0.1) is 0 Å². The van der Waals surface area contributed by atoms with Gasteiger partial charge < -0.3 is 21.5 Å². The Hall–Kier alpha value is -3.65. The van der Waals surface area contributed by atoms with E-state index < -0.39 is 5.91 Å². The molecule has 1 aromatic heterocycles. The van der Waals surface area contributed by atoms with E-state index in [1.807, 2.05) is 56.3 Å². The van der Waals surface area contributed by atoms with Gasteiger partial charge in [-0.3, -0.25) is 9.59 Å². The molecule has 2 amide bonds. The van der Waals surface area contributed by atoms with E-state index in [-0.39, 0.29) is 17.5 Å². The van der Waals surface area contributed by atoms with Crippen molar-refractivity contribution in [1.29, 1.82) is 0 Å². The van der Waals surface area contributed by atoms with Crippen molar-refractivity contribution >= 4 is 17.5 Å². The molecule has 0 bridgehead atoms. The van der Waals surface area contributed by atoms with Crippen molar-refractivity contribution in [3.63, 3.8) is 0 Å². The van der Waals surface area contributed by atoms with Crippen molar-refractivity contribution in [2.24, 2.45) is 5.73 Å². The van der Waals surface area contributed by atoms with Gasteiger partial charge in [-0.1, -0.05) is 29.8 Å². The summed E-state index contributed by atoms with van der Waals surface area (Å²) in [7, 11) is 0. The fourth-order valence-corrected chi connectivity index (χ4v) is 4.16. The topological polar surface area (TPSA) is 125 Å². The van der Waals surface area contributed by atoms with Crippen molar-refractivity contribution in [1.82, 2.24) is 15.1 Å². The zero-order valence-corrected chi connectivity index (χ0v) is 18.9. The van der Waals surface area contributed by atoms with Gasteiger partial charge in [0, 0.05) is 31.2 Å². The summed E-state index contributed by atoms with van der Waals surface area (Å²) >= 11 is 0. The number of amides is 2.